The van der Waals surface area contributed by atoms with Gasteiger partial charge in [-0.15, -0.1) is 0 Å². The van der Waals surface area contributed by atoms with Gasteiger partial charge in [0.05, 0.1) is 5.56 Å². The molecule has 1 aromatic carbocycles. The lowest BCUT2D eigenvalue weighted by molar-refractivity contribution is 0.102. The first-order valence-corrected chi connectivity index (χ1v) is 5.54. The average molecular weight is 255 g/mol. The fourth-order valence-corrected chi connectivity index (χ4v) is 1.51. The fourth-order valence-electron chi connectivity index (χ4n) is 1.51. The van der Waals surface area contributed by atoms with Crippen molar-refractivity contribution in [1.82, 2.24) is 4.98 Å². The van der Waals surface area contributed by atoms with Crippen LogP contribution >= 0.6 is 0 Å². The van der Waals surface area contributed by atoms with E-state index in [1.165, 1.54) is 30.5 Å². The minimum atomic E-state index is -0.446. The fraction of sp³-hybridized carbons (Fsp3) is 0.0714. The molecule has 0 aliphatic rings. The number of nitrogens with zero attached hydrogens (tertiary/aromatic N) is 2. The van der Waals surface area contributed by atoms with Crippen LogP contribution in [0.5, 0.6) is 0 Å². The molecule has 5 heteroatoms. The molecule has 1 N–H and O–H groups in total. The molecule has 0 radical (unpaired) electrons. The molecule has 1 heterocycles. The Morgan fingerprint density at radius 2 is 2.16 bits per heavy atom. The standard InChI is InChI=1S/C14H10FN3O/c1-9-2-4-11(15)6-13(9)18-14(19)12-5-3-10(7-16)8-17-12/h2-6,8H,1H3,(H,18,19). The number of anilines is 1. The van der Waals surface area contributed by atoms with Crippen LogP contribution in [0.1, 0.15) is 21.6 Å². The molecule has 2 aromatic rings. The van der Waals surface area contributed by atoms with Crippen molar-refractivity contribution in [3.8, 4) is 6.07 Å². The molecule has 0 aliphatic heterocycles. The zero-order valence-corrected chi connectivity index (χ0v) is 10.1. The number of halogens is 1. The van der Waals surface area contributed by atoms with E-state index < -0.39 is 11.7 Å². The predicted octanol–water partition coefficient (Wildman–Crippen LogP) is 2.65. The lowest BCUT2D eigenvalue weighted by Crippen LogP contribution is -2.14. The van der Waals surface area contributed by atoms with Crippen LogP contribution in [0.3, 0.4) is 0 Å². The lowest BCUT2D eigenvalue weighted by atomic mass is 10.2. The Bertz CT molecular complexity index is 659. The largest absolute Gasteiger partial charge is 0.320 e. The highest BCUT2D eigenvalue weighted by Gasteiger charge is 2.09. The highest BCUT2D eigenvalue weighted by atomic mass is 19.1. The van der Waals surface area contributed by atoms with E-state index in [0.717, 1.165) is 5.56 Å². The molecule has 4 nitrogen and oxygen atoms in total. The van der Waals surface area contributed by atoms with Crippen molar-refractivity contribution in [2.45, 2.75) is 6.92 Å². The minimum Gasteiger partial charge on any atom is -0.320 e. The van der Waals surface area contributed by atoms with Crippen LogP contribution in [-0.4, -0.2) is 10.9 Å². The van der Waals surface area contributed by atoms with Crippen LogP contribution in [0.25, 0.3) is 0 Å². The molecule has 0 unspecified atom stereocenters. The third kappa shape index (κ3) is 2.93. The van der Waals surface area contributed by atoms with E-state index in [-0.39, 0.29) is 5.69 Å². The first-order chi connectivity index (χ1) is 9.10. The highest BCUT2D eigenvalue weighted by molar-refractivity contribution is 6.03. The molecule has 0 atom stereocenters. The Labute approximate surface area is 109 Å². The summed E-state index contributed by atoms with van der Waals surface area (Å²) in [6, 6.07) is 9.01. The number of nitrogens with one attached hydrogen (secondary N) is 1. The number of aromatic nitrogens is 1. The smallest absolute Gasteiger partial charge is 0.274 e. The molecule has 1 amide bonds. The van der Waals surface area contributed by atoms with E-state index in [4.69, 9.17) is 5.26 Å². The Morgan fingerprint density at radius 3 is 2.79 bits per heavy atom. The quantitative estimate of drug-likeness (QED) is 0.897. The van der Waals surface area contributed by atoms with Gasteiger partial charge in [0.1, 0.15) is 17.6 Å². The van der Waals surface area contributed by atoms with Crippen LogP contribution in [0.15, 0.2) is 36.5 Å². The summed E-state index contributed by atoms with van der Waals surface area (Å²) in [6.07, 6.45) is 1.31. The van der Waals surface area contributed by atoms with Gasteiger partial charge >= 0.3 is 0 Å². The van der Waals surface area contributed by atoms with Crippen molar-refractivity contribution in [1.29, 1.82) is 5.26 Å². The second-order valence-electron chi connectivity index (χ2n) is 3.96. The van der Waals surface area contributed by atoms with Gasteiger partial charge in [0.15, 0.2) is 0 Å². The zero-order valence-electron chi connectivity index (χ0n) is 10.1. The number of amides is 1. The third-order valence-corrected chi connectivity index (χ3v) is 2.57. The van der Waals surface area contributed by atoms with E-state index in [9.17, 15) is 9.18 Å². The van der Waals surface area contributed by atoms with Gasteiger partial charge in [0.2, 0.25) is 0 Å². The Balaban J connectivity index is 2.21. The maximum Gasteiger partial charge on any atom is 0.274 e. The summed E-state index contributed by atoms with van der Waals surface area (Å²) in [7, 11) is 0. The molecule has 94 valence electrons. The van der Waals surface area contributed by atoms with Gasteiger partial charge in [0.25, 0.3) is 5.91 Å². The van der Waals surface area contributed by atoms with Crippen molar-refractivity contribution in [2.75, 3.05) is 5.32 Å². The SMILES string of the molecule is Cc1ccc(F)cc1NC(=O)c1ccc(C#N)cn1. The summed E-state index contributed by atoms with van der Waals surface area (Å²) in [5.74, 6) is -0.869. The van der Waals surface area contributed by atoms with Crippen molar-refractivity contribution in [3.05, 3.63) is 59.2 Å². The summed E-state index contributed by atoms with van der Waals surface area (Å²) < 4.78 is 13.1. The van der Waals surface area contributed by atoms with Crippen LogP contribution in [0.4, 0.5) is 10.1 Å². The highest BCUT2D eigenvalue weighted by Crippen LogP contribution is 2.16. The maximum atomic E-state index is 13.1. The molecule has 0 saturated carbocycles. The van der Waals surface area contributed by atoms with Gasteiger partial charge in [0, 0.05) is 11.9 Å². The molecule has 0 spiro atoms. The summed E-state index contributed by atoms with van der Waals surface area (Å²) in [4.78, 5) is 15.8. The van der Waals surface area contributed by atoms with Crippen molar-refractivity contribution in [2.24, 2.45) is 0 Å². The second-order valence-corrected chi connectivity index (χ2v) is 3.96. The second kappa shape index (κ2) is 5.27. The number of carbonyl (C=O) groups is 1. The van der Waals surface area contributed by atoms with Crippen molar-refractivity contribution >= 4 is 11.6 Å². The van der Waals surface area contributed by atoms with Gasteiger partial charge in [-0.3, -0.25) is 4.79 Å². The first kappa shape index (κ1) is 12.7. The number of benzene rings is 1. The van der Waals surface area contributed by atoms with E-state index in [2.05, 4.69) is 10.3 Å². The number of hydrogen-bond donors (Lipinski definition) is 1. The number of nitriles is 1. The molecule has 0 aliphatic carbocycles. The Kier molecular flexibility index (Phi) is 3.53. The van der Waals surface area contributed by atoms with Crippen molar-refractivity contribution in [3.63, 3.8) is 0 Å². The minimum absolute atomic E-state index is 0.169. The first-order valence-electron chi connectivity index (χ1n) is 5.54. The predicted molar refractivity (Wildman–Crippen MR) is 68.0 cm³/mol. The number of aryl methyl sites for hydroxylation is 1. The topological polar surface area (TPSA) is 65.8 Å². The molecule has 0 bridgehead atoms. The number of hydrogen-bond acceptors (Lipinski definition) is 3. The Morgan fingerprint density at radius 1 is 1.37 bits per heavy atom. The molecule has 1 aromatic heterocycles. The number of carbonyl (C=O) groups excluding carboxylic acids is 1. The summed E-state index contributed by atoms with van der Waals surface area (Å²) >= 11 is 0. The van der Waals surface area contributed by atoms with E-state index >= 15 is 0 Å². The summed E-state index contributed by atoms with van der Waals surface area (Å²) in [5, 5.41) is 11.2. The van der Waals surface area contributed by atoms with E-state index in [1.54, 1.807) is 13.0 Å². The van der Waals surface area contributed by atoms with Gasteiger partial charge in [-0.05, 0) is 36.8 Å². The van der Waals surface area contributed by atoms with Gasteiger partial charge in [-0.2, -0.15) is 5.26 Å². The molecule has 19 heavy (non-hydrogen) atoms. The Hall–Kier alpha value is -2.74. The average Bonchev–Trinajstić information content (AvgIpc) is 2.43. The summed E-state index contributed by atoms with van der Waals surface area (Å²) in [5.41, 5.74) is 1.70. The van der Waals surface area contributed by atoms with E-state index in [1.807, 2.05) is 6.07 Å². The van der Waals surface area contributed by atoms with Crippen LogP contribution < -0.4 is 5.32 Å². The van der Waals surface area contributed by atoms with Crippen LogP contribution in [0, 0.1) is 24.1 Å². The van der Waals surface area contributed by atoms with Gasteiger partial charge in [-0.25, -0.2) is 9.37 Å². The van der Waals surface area contributed by atoms with Crippen LogP contribution in [0.2, 0.25) is 0 Å². The van der Waals surface area contributed by atoms with Gasteiger partial charge in [-0.1, -0.05) is 6.07 Å². The van der Waals surface area contributed by atoms with E-state index in [0.29, 0.717) is 11.3 Å². The number of pyridine rings is 1. The normalized spacial score (nSPS) is 9.74. The molecular formula is C14H10FN3O. The maximum absolute atomic E-state index is 13.1. The zero-order chi connectivity index (χ0) is 13.8. The molecular weight excluding hydrogens is 245 g/mol. The molecule has 0 fully saturated rings. The van der Waals surface area contributed by atoms with Crippen LogP contribution in [-0.2, 0) is 0 Å². The third-order valence-electron chi connectivity index (χ3n) is 2.57. The monoisotopic (exact) mass is 255 g/mol. The van der Waals surface area contributed by atoms with Gasteiger partial charge < -0.3 is 5.32 Å². The number of rotatable bonds is 2. The molecule has 2 rings (SSSR count). The molecule has 0 saturated heterocycles. The summed E-state index contributed by atoms with van der Waals surface area (Å²) in [6.45, 7) is 1.77. The lowest BCUT2D eigenvalue weighted by Gasteiger charge is -2.07. The van der Waals surface area contributed by atoms with Crippen molar-refractivity contribution < 1.29 is 9.18 Å².